The van der Waals surface area contributed by atoms with Gasteiger partial charge in [-0.25, -0.2) is 0 Å². The first-order valence-corrected chi connectivity index (χ1v) is 7.15. The highest BCUT2D eigenvalue weighted by Crippen LogP contribution is 2.30. The number of rotatable bonds is 6. The molecule has 100 valence electrons. The van der Waals surface area contributed by atoms with Crippen molar-refractivity contribution in [3.63, 3.8) is 0 Å². The van der Waals surface area contributed by atoms with Crippen LogP contribution in [0.15, 0.2) is 18.2 Å². The molecule has 0 saturated carbocycles. The zero-order valence-corrected chi connectivity index (χ0v) is 12.4. The lowest BCUT2D eigenvalue weighted by atomic mass is 9.94. The number of hydrogen-bond donors (Lipinski definition) is 1. The average Bonchev–Trinajstić information content (AvgIpc) is 2.34. The summed E-state index contributed by atoms with van der Waals surface area (Å²) in [6.07, 6.45) is 1.96. The van der Waals surface area contributed by atoms with E-state index < -0.39 is 0 Å². The van der Waals surface area contributed by atoms with Crippen molar-refractivity contribution in [1.29, 1.82) is 0 Å². The molecule has 1 unspecified atom stereocenters. The molecule has 1 N–H and O–H groups in total. The molecule has 0 aliphatic carbocycles. The number of alkyl halides is 1. The van der Waals surface area contributed by atoms with Crippen LogP contribution in [-0.2, 0) is 4.79 Å². The normalized spacial score (nSPS) is 12.2. The first-order chi connectivity index (χ1) is 8.58. The van der Waals surface area contributed by atoms with Crippen molar-refractivity contribution in [2.45, 2.75) is 25.7 Å². The number of hydrogen-bond acceptors (Lipinski definition) is 1. The molecular weight excluding hydrogens is 293 g/mol. The van der Waals surface area contributed by atoms with E-state index in [-0.39, 0.29) is 17.7 Å². The van der Waals surface area contributed by atoms with Crippen LogP contribution in [0.1, 0.15) is 31.2 Å². The van der Waals surface area contributed by atoms with Gasteiger partial charge in [-0.15, -0.1) is 11.6 Å². The summed E-state index contributed by atoms with van der Waals surface area (Å²) in [4.78, 5) is 11.2. The van der Waals surface area contributed by atoms with Gasteiger partial charge in [0.2, 0.25) is 5.91 Å². The second-order valence-corrected chi connectivity index (χ2v) is 5.20. The molecule has 0 aromatic heterocycles. The lowest BCUT2D eigenvalue weighted by molar-refractivity contribution is -0.118. The lowest BCUT2D eigenvalue weighted by Crippen LogP contribution is -2.29. The Morgan fingerprint density at radius 2 is 2.11 bits per heavy atom. The number of halogens is 3. The van der Waals surface area contributed by atoms with Crippen LogP contribution < -0.4 is 5.32 Å². The van der Waals surface area contributed by atoms with Gasteiger partial charge in [-0.1, -0.05) is 42.6 Å². The van der Waals surface area contributed by atoms with E-state index in [2.05, 4.69) is 12.2 Å². The minimum Gasteiger partial charge on any atom is -0.354 e. The Kier molecular flexibility index (Phi) is 6.83. The maximum atomic E-state index is 11.2. The molecule has 5 heteroatoms. The van der Waals surface area contributed by atoms with Crippen LogP contribution in [-0.4, -0.2) is 18.3 Å². The molecule has 1 atom stereocenters. The van der Waals surface area contributed by atoms with Gasteiger partial charge in [0.25, 0.3) is 0 Å². The van der Waals surface area contributed by atoms with Crippen LogP contribution in [0.2, 0.25) is 10.0 Å². The Balaban J connectivity index is 2.79. The van der Waals surface area contributed by atoms with E-state index in [0.717, 1.165) is 18.4 Å². The van der Waals surface area contributed by atoms with E-state index >= 15 is 0 Å². The van der Waals surface area contributed by atoms with Crippen LogP contribution in [0.5, 0.6) is 0 Å². The maximum absolute atomic E-state index is 11.2. The van der Waals surface area contributed by atoms with E-state index in [1.54, 1.807) is 6.07 Å². The molecule has 18 heavy (non-hydrogen) atoms. The minimum absolute atomic E-state index is 0.0206. The van der Waals surface area contributed by atoms with Crippen LogP contribution >= 0.6 is 34.8 Å². The van der Waals surface area contributed by atoms with E-state index in [1.807, 2.05) is 12.1 Å². The van der Waals surface area contributed by atoms with Gasteiger partial charge < -0.3 is 5.32 Å². The van der Waals surface area contributed by atoms with Crippen molar-refractivity contribution < 1.29 is 4.79 Å². The molecular formula is C13H16Cl3NO. The van der Waals surface area contributed by atoms with Crippen molar-refractivity contribution >= 4 is 40.7 Å². The molecule has 0 fully saturated rings. The second-order valence-electron chi connectivity index (χ2n) is 4.09. The molecule has 0 radical (unpaired) electrons. The molecule has 2 nitrogen and oxygen atoms in total. The summed E-state index contributed by atoms with van der Waals surface area (Å²) in [5.74, 6) is 0.00231. The van der Waals surface area contributed by atoms with Crippen molar-refractivity contribution in [1.82, 2.24) is 5.32 Å². The highest BCUT2D eigenvalue weighted by Gasteiger charge is 2.15. The molecule has 1 rings (SSSR count). The summed E-state index contributed by atoms with van der Waals surface area (Å²) >= 11 is 17.5. The van der Waals surface area contributed by atoms with Gasteiger partial charge in [-0.05, 0) is 24.1 Å². The van der Waals surface area contributed by atoms with Gasteiger partial charge in [-0.3, -0.25) is 4.79 Å². The van der Waals surface area contributed by atoms with Crippen LogP contribution in [0.4, 0.5) is 0 Å². The fourth-order valence-electron chi connectivity index (χ4n) is 1.83. The number of benzene rings is 1. The van der Waals surface area contributed by atoms with Crippen LogP contribution in [0.3, 0.4) is 0 Å². The van der Waals surface area contributed by atoms with Crippen LogP contribution in [0, 0.1) is 0 Å². The first kappa shape index (κ1) is 15.6. The molecule has 0 saturated heterocycles. The lowest BCUT2D eigenvalue weighted by Gasteiger charge is -2.18. The van der Waals surface area contributed by atoms with E-state index in [1.165, 1.54) is 0 Å². The third-order valence-corrected chi connectivity index (χ3v) is 3.51. The Morgan fingerprint density at radius 3 is 2.67 bits per heavy atom. The standard InChI is InChI=1S/C13H16Cl3NO/c1-2-3-9(8-17-13(18)7-14)11-5-4-10(15)6-12(11)16/h4-6,9H,2-3,7-8H2,1H3,(H,17,18). The zero-order valence-electron chi connectivity index (χ0n) is 10.2. The molecule has 1 amide bonds. The van der Waals surface area contributed by atoms with Crippen molar-refractivity contribution in [3.8, 4) is 0 Å². The first-order valence-electron chi connectivity index (χ1n) is 5.86. The Labute approximate surface area is 123 Å². The predicted molar refractivity (Wildman–Crippen MR) is 77.8 cm³/mol. The molecule has 1 aromatic rings. The summed E-state index contributed by atoms with van der Waals surface area (Å²) in [5, 5.41) is 4.05. The third kappa shape index (κ3) is 4.68. The predicted octanol–water partition coefficient (Wildman–Crippen LogP) is 4.23. The molecule has 0 aliphatic rings. The number of carbonyl (C=O) groups is 1. The maximum Gasteiger partial charge on any atom is 0.234 e. The monoisotopic (exact) mass is 307 g/mol. The summed E-state index contributed by atoms with van der Waals surface area (Å²) in [7, 11) is 0. The van der Waals surface area contributed by atoms with E-state index in [9.17, 15) is 4.79 Å². The number of carbonyl (C=O) groups excluding carboxylic acids is 1. The van der Waals surface area contributed by atoms with Crippen molar-refractivity contribution in [3.05, 3.63) is 33.8 Å². The minimum atomic E-state index is -0.164. The quantitative estimate of drug-likeness (QED) is 0.783. The Morgan fingerprint density at radius 1 is 1.39 bits per heavy atom. The summed E-state index contributed by atoms with van der Waals surface area (Å²) in [6, 6.07) is 5.46. The fourth-order valence-corrected chi connectivity index (χ4v) is 2.49. The highest BCUT2D eigenvalue weighted by molar-refractivity contribution is 6.35. The average molecular weight is 309 g/mol. The summed E-state index contributed by atoms with van der Waals surface area (Å²) in [6.45, 7) is 2.64. The summed E-state index contributed by atoms with van der Waals surface area (Å²) in [5.41, 5.74) is 1.01. The third-order valence-electron chi connectivity index (χ3n) is 2.71. The molecule has 0 bridgehead atoms. The van der Waals surface area contributed by atoms with Gasteiger partial charge >= 0.3 is 0 Å². The van der Waals surface area contributed by atoms with Gasteiger partial charge in [-0.2, -0.15) is 0 Å². The van der Waals surface area contributed by atoms with E-state index in [0.29, 0.717) is 16.6 Å². The van der Waals surface area contributed by atoms with Gasteiger partial charge in [0.1, 0.15) is 5.88 Å². The zero-order chi connectivity index (χ0) is 13.5. The Hall–Kier alpha value is -0.440. The van der Waals surface area contributed by atoms with Gasteiger partial charge in [0, 0.05) is 22.5 Å². The SMILES string of the molecule is CCCC(CNC(=O)CCl)c1ccc(Cl)cc1Cl. The summed E-state index contributed by atoms with van der Waals surface area (Å²) < 4.78 is 0. The van der Waals surface area contributed by atoms with Crippen molar-refractivity contribution in [2.24, 2.45) is 0 Å². The smallest absolute Gasteiger partial charge is 0.234 e. The van der Waals surface area contributed by atoms with Crippen molar-refractivity contribution in [2.75, 3.05) is 12.4 Å². The largest absolute Gasteiger partial charge is 0.354 e. The van der Waals surface area contributed by atoms with Crippen LogP contribution in [0.25, 0.3) is 0 Å². The fraction of sp³-hybridized carbons (Fsp3) is 0.462. The van der Waals surface area contributed by atoms with Gasteiger partial charge in [0.15, 0.2) is 0 Å². The van der Waals surface area contributed by atoms with Gasteiger partial charge in [0.05, 0.1) is 0 Å². The molecule has 0 heterocycles. The number of amides is 1. The topological polar surface area (TPSA) is 29.1 Å². The number of nitrogens with one attached hydrogen (secondary N) is 1. The second kappa shape index (κ2) is 7.88. The molecule has 0 aliphatic heterocycles. The molecule has 0 spiro atoms. The Bertz CT molecular complexity index is 409. The van der Waals surface area contributed by atoms with E-state index in [4.69, 9.17) is 34.8 Å². The molecule has 1 aromatic carbocycles. The highest BCUT2D eigenvalue weighted by atomic mass is 35.5.